The van der Waals surface area contributed by atoms with Gasteiger partial charge in [0.15, 0.2) is 11.5 Å². The first-order valence-electron chi connectivity index (χ1n) is 7.12. The van der Waals surface area contributed by atoms with Crippen LogP contribution in [0.5, 0.6) is 17.2 Å². The molecule has 0 radical (unpaired) electrons. The minimum absolute atomic E-state index is 0.0393. The average Bonchev–Trinajstić information content (AvgIpc) is 3.10. The fourth-order valence-corrected chi connectivity index (χ4v) is 3.13. The summed E-state index contributed by atoms with van der Waals surface area (Å²) in [7, 11) is 1.62. The molecule has 21 heavy (non-hydrogen) atoms. The summed E-state index contributed by atoms with van der Waals surface area (Å²) in [5, 5.41) is 8.85. The maximum atomic E-state index is 10.8. The van der Waals surface area contributed by atoms with Crippen molar-refractivity contribution < 1.29 is 24.1 Å². The highest BCUT2D eigenvalue weighted by Gasteiger charge is 2.34. The highest BCUT2D eigenvalue weighted by molar-refractivity contribution is 5.68. The second-order valence-electron chi connectivity index (χ2n) is 5.30. The highest BCUT2D eigenvalue weighted by Crippen LogP contribution is 2.50. The van der Waals surface area contributed by atoms with Gasteiger partial charge in [0.2, 0.25) is 0 Å². The van der Waals surface area contributed by atoms with Gasteiger partial charge in [0.25, 0.3) is 0 Å². The smallest absolute Gasteiger partial charge is 0.303 e. The first-order valence-corrected chi connectivity index (χ1v) is 7.12. The van der Waals surface area contributed by atoms with Crippen molar-refractivity contribution in [3.63, 3.8) is 0 Å². The van der Waals surface area contributed by atoms with Gasteiger partial charge in [-0.2, -0.15) is 0 Å². The molecular weight excluding hydrogens is 274 g/mol. The fraction of sp³-hybridized carbons (Fsp3) is 0.533. The van der Waals surface area contributed by atoms with E-state index in [1.54, 1.807) is 7.11 Å². The van der Waals surface area contributed by atoms with Crippen molar-refractivity contribution in [2.24, 2.45) is 5.73 Å². The summed E-state index contributed by atoms with van der Waals surface area (Å²) in [5.41, 5.74) is 9.13. The van der Waals surface area contributed by atoms with Crippen LogP contribution in [0.4, 0.5) is 0 Å². The normalized spacial score (nSPS) is 16.7. The van der Waals surface area contributed by atoms with Crippen molar-refractivity contribution >= 4 is 5.97 Å². The molecule has 3 rings (SSSR count). The van der Waals surface area contributed by atoms with Crippen LogP contribution in [-0.4, -0.2) is 31.4 Å². The Balaban J connectivity index is 2.06. The van der Waals surface area contributed by atoms with Crippen LogP contribution >= 0.6 is 0 Å². The lowest BCUT2D eigenvalue weighted by molar-refractivity contribution is -0.137. The highest BCUT2D eigenvalue weighted by atomic mass is 16.5. The Kier molecular flexibility index (Phi) is 3.63. The summed E-state index contributed by atoms with van der Waals surface area (Å²) in [6, 6.07) is -0.366. The molecule has 2 aliphatic rings. The molecule has 1 unspecified atom stereocenters. The Bertz CT molecular complexity index is 549. The molecule has 6 heteroatoms. The van der Waals surface area contributed by atoms with Crippen LogP contribution in [0.15, 0.2) is 0 Å². The van der Waals surface area contributed by atoms with Crippen LogP contribution in [0.1, 0.15) is 35.6 Å². The van der Waals surface area contributed by atoms with Crippen LogP contribution in [0.25, 0.3) is 0 Å². The van der Waals surface area contributed by atoms with Crippen molar-refractivity contribution in [3.05, 3.63) is 16.7 Å². The van der Waals surface area contributed by atoms with E-state index < -0.39 is 5.97 Å². The van der Waals surface area contributed by atoms with Gasteiger partial charge in [-0.05, 0) is 6.42 Å². The number of methoxy groups -OCH3 is 1. The molecule has 0 bridgehead atoms. The topological polar surface area (TPSA) is 91.0 Å². The summed E-state index contributed by atoms with van der Waals surface area (Å²) >= 11 is 0. The minimum atomic E-state index is -0.843. The second-order valence-corrected chi connectivity index (χ2v) is 5.30. The molecule has 0 fully saturated rings. The molecule has 0 saturated heterocycles. The molecule has 0 spiro atoms. The van der Waals surface area contributed by atoms with E-state index in [1.165, 1.54) is 0 Å². The van der Waals surface area contributed by atoms with Crippen LogP contribution < -0.4 is 19.9 Å². The van der Waals surface area contributed by atoms with Gasteiger partial charge in [0.05, 0.1) is 20.3 Å². The van der Waals surface area contributed by atoms with E-state index in [4.69, 9.17) is 25.1 Å². The van der Waals surface area contributed by atoms with Gasteiger partial charge in [0, 0.05) is 42.0 Å². The molecule has 0 aromatic heterocycles. The first-order chi connectivity index (χ1) is 10.1. The van der Waals surface area contributed by atoms with Gasteiger partial charge in [-0.3, -0.25) is 4.79 Å². The zero-order chi connectivity index (χ0) is 15.0. The standard InChI is InChI=1S/C15H19NO5/c1-19-14-9-5-7-20-13(9)12(8-4-6-21-15(8)14)10(16)2-3-11(17)18/h10H,2-7,16H2,1H3,(H,17,18). The lowest BCUT2D eigenvalue weighted by Gasteiger charge is -2.20. The van der Waals surface area contributed by atoms with Gasteiger partial charge in [-0.15, -0.1) is 0 Å². The van der Waals surface area contributed by atoms with E-state index in [1.807, 2.05) is 0 Å². The number of aliphatic carboxylic acids is 1. The van der Waals surface area contributed by atoms with Crippen molar-refractivity contribution in [3.8, 4) is 17.2 Å². The van der Waals surface area contributed by atoms with Gasteiger partial charge in [-0.1, -0.05) is 0 Å². The monoisotopic (exact) mass is 293 g/mol. The maximum absolute atomic E-state index is 10.8. The quantitative estimate of drug-likeness (QED) is 0.853. The lowest BCUT2D eigenvalue weighted by Crippen LogP contribution is -2.15. The number of carbonyl (C=O) groups is 1. The van der Waals surface area contributed by atoms with Crippen molar-refractivity contribution in [2.75, 3.05) is 20.3 Å². The lowest BCUT2D eigenvalue weighted by atomic mass is 9.91. The Morgan fingerprint density at radius 3 is 2.62 bits per heavy atom. The van der Waals surface area contributed by atoms with Gasteiger partial charge < -0.3 is 25.1 Å². The largest absolute Gasteiger partial charge is 0.492 e. The van der Waals surface area contributed by atoms with Gasteiger partial charge in [0.1, 0.15) is 5.75 Å². The van der Waals surface area contributed by atoms with Crippen molar-refractivity contribution in [1.29, 1.82) is 0 Å². The number of carboxylic acids is 1. The molecule has 3 N–H and O–H groups in total. The van der Waals surface area contributed by atoms with E-state index in [-0.39, 0.29) is 12.5 Å². The second kappa shape index (κ2) is 5.44. The molecule has 1 aromatic carbocycles. The molecule has 6 nitrogen and oxygen atoms in total. The van der Waals surface area contributed by atoms with Crippen LogP contribution in [0.2, 0.25) is 0 Å². The summed E-state index contributed by atoms with van der Waals surface area (Å²) in [5.74, 6) is 1.42. The Hall–Kier alpha value is -1.95. The third-order valence-electron chi connectivity index (χ3n) is 4.04. The number of carboxylic acid groups (broad SMARTS) is 1. The van der Waals surface area contributed by atoms with Crippen molar-refractivity contribution in [1.82, 2.24) is 0 Å². The number of ether oxygens (including phenoxy) is 3. The molecule has 0 amide bonds. The van der Waals surface area contributed by atoms with E-state index in [2.05, 4.69) is 0 Å². The average molecular weight is 293 g/mol. The molecule has 0 saturated carbocycles. The molecular formula is C15H19NO5. The summed E-state index contributed by atoms with van der Waals surface area (Å²) in [6.07, 6.45) is 1.92. The predicted octanol–water partition coefficient (Wildman–Crippen LogP) is 1.43. The zero-order valence-electron chi connectivity index (χ0n) is 12.0. The number of nitrogens with two attached hydrogens (primary N) is 1. The van der Waals surface area contributed by atoms with Crippen LogP contribution in [-0.2, 0) is 17.6 Å². The molecule has 114 valence electrons. The van der Waals surface area contributed by atoms with E-state index in [0.717, 1.165) is 46.8 Å². The Labute approximate surface area is 122 Å². The fourth-order valence-electron chi connectivity index (χ4n) is 3.13. The number of rotatable bonds is 5. The SMILES string of the molecule is COc1c2c(c(C(N)CCC(=O)O)c3c1OCC3)OCC2. The third kappa shape index (κ3) is 2.29. The Morgan fingerprint density at radius 2 is 1.95 bits per heavy atom. The molecule has 1 aromatic rings. The number of benzene rings is 1. The van der Waals surface area contributed by atoms with Gasteiger partial charge >= 0.3 is 5.97 Å². The van der Waals surface area contributed by atoms with E-state index in [9.17, 15) is 4.79 Å². The first kappa shape index (κ1) is 14.0. The van der Waals surface area contributed by atoms with E-state index in [0.29, 0.717) is 19.6 Å². The zero-order valence-corrected chi connectivity index (χ0v) is 12.0. The number of fused-ring (bicyclic) bond motifs is 2. The summed E-state index contributed by atoms with van der Waals surface area (Å²) < 4.78 is 17.0. The maximum Gasteiger partial charge on any atom is 0.303 e. The number of hydrogen-bond acceptors (Lipinski definition) is 5. The van der Waals surface area contributed by atoms with Crippen LogP contribution in [0, 0.1) is 0 Å². The number of hydrogen-bond donors (Lipinski definition) is 2. The minimum Gasteiger partial charge on any atom is -0.492 e. The third-order valence-corrected chi connectivity index (χ3v) is 4.04. The Morgan fingerprint density at radius 1 is 1.29 bits per heavy atom. The van der Waals surface area contributed by atoms with Crippen molar-refractivity contribution in [2.45, 2.75) is 31.7 Å². The van der Waals surface area contributed by atoms with Gasteiger partial charge in [-0.25, -0.2) is 0 Å². The van der Waals surface area contributed by atoms with Crippen LogP contribution in [0.3, 0.4) is 0 Å². The van der Waals surface area contributed by atoms with E-state index >= 15 is 0 Å². The molecule has 2 heterocycles. The summed E-state index contributed by atoms with van der Waals surface area (Å²) in [4.78, 5) is 10.8. The predicted molar refractivity (Wildman–Crippen MR) is 75.2 cm³/mol. The molecule has 2 aliphatic heterocycles. The summed E-state index contributed by atoms with van der Waals surface area (Å²) in [6.45, 7) is 1.18. The molecule has 1 atom stereocenters. The molecule has 0 aliphatic carbocycles.